The monoisotopic (exact) mass is 419 g/mol. The maximum Gasteiger partial charge on any atom is 0.244 e. The van der Waals surface area contributed by atoms with E-state index in [0.29, 0.717) is 43.6 Å². The van der Waals surface area contributed by atoms with Crippen molar-refractivity contribution in [2.75, 3.05) is 44.8 Å². The van der Waals surface area contributed by atoms with Gasteiger partial charge in [0.25, 0.3) is 0 Å². The summed E-state index contributed by atoms with van der Waals surface area (Å²) in [6.07, 6.45) is 2.24. The molecule has 2 aliphatic heterocycles. The molecular weight excluding hydrogens is 398 g/mol. The van der Waals surface area contributed by atoms with Gasteiger partial charge >= 0.3 is 0 Å². The average Bonchev–Trinajstić information content (AvgIpc) is 3.16. The van der Waals surface area contributed by atoms with Gasteiger partial charge in [-0.1, -0.05) is 11.6 Å². The van der Waals surface area contributed by atoms with Crippen LogP contribution in [0.25, 0.3) is 0 Å². The summed E-state index contributed by atoms with van der Waals surface area (Å²) < 4.78 is 37.8. The molecule has 0 amide bonds. The second-order valence-electron chi connectivity index (χ2n) is 6.13. The van der Waals surface area contributed by atoms with Crippen molar-refractivity contribution >= 4 is 44.6 Å². The van der Waals surface area contributed by atoms with E-state index in [1.807, 2.05) is 0 Å². The molecule has 7 nitrogen and oxygen atoms in total. The normalized spacial score (nSPS) is 21.5. The molecule has 2 fully saturated rings. The molecule has 0 spiro atoms. The van der Waals surface area contributed by atoms with Crippen LogP contribution in [0, 0.1) is 0 Å². The van der Waals surface area contributed by atoms with Crippen molar-refractivity contribution in [1.82, 2.24) is 9.62 Å². The molecule has 144 valence electrons. The molecule has 0 saturated carbocycles. The van der Waals surface area contributed by atoms with Gasteiger partial charge in [0.05, 0.1) is 24.3 Å². The zero-order chi connectivity index (χ0) is 18.6. The van der Waals surface area contributed by atoms with E-state index in [0.717, 1.165) is 19.4 Å². The van der Waals surface area contributed by atoms with Crippen LogP contribution in [0.2, 0.25) is 5.02 Å². The number of ether oxygens (including phenoxy) is 2. The number of hydrogen-bond donors (Lipinski definition) is 2. The number of nitrogens with one attached hydrogen (secondary N) is 2. The third kappa shape index (κ3) is 4.85. The fourth-order valence-electron chi connectivity index (χ4n) is 2.89. The number of nitrogens with zero attached hydrogens (tertiary/aromatic N) is 1. The zero-order valence-electron chi connectivity index (χ0n) is 14.2. The highest BCUT2D eigenvalue weighted by atomic mass is 35.5. The Kier molecular flexibility index (Phi) is 6.70. The number of morpholine rings is 1. The van der Waals surface area contributed by atoms with Gasteiger partial charge in [0, 0.05) is 31.9 Å². The summed E-state index contributed by atoms with van der Waals surface area (Å²) in [6, 6.07) is 4.76. The van der Waals surface area contributed by atoms with Crippen molar-refractivity contribution in [2.45, 2.75) is 23.8 Å². The van der Waals surface area contributed by atoms with Crippen LogP contribution in [-0.4, -0.2) is 63.4 Å². The van der Waals surface area contributed by atoms with Crippen molar-refractivity contribution < 1.29 is 17.9 Å². The van der Waals surface area contributed by atoms with Crippen LogP contribution in [0.3, 0.4) is 0 Å². The van der Waals surface area contributed by atoms with Crippen molar-refractivity contribution in [1.29, 1.82) is 0 Å². The minimum Gasteiger partial charge on any atom is -0.379 e. The first-order valence-corrected chi connectivity index (χ1v) is 10.7. The Bertz CT molecular complexity index is 748. The molecule has 2 saturated heterocycles. The predicted molar refractivity (Wildman–Crippen MR) is 104 cm³/mol. The lowest BCUT2D eigenvalue weighted by atomic mass is 10.2. The van der Waals surface area contributed by atoms with Gasteiger partial charge in [-0.15, -0.1) is 0 Å². The second kappa shape index (κ2) is 8.81. The van der Waals surface area contributed by atoms with E-state index in [9.17, 15) is 8.42 Å². The lowest BCUT2D eigenvalue weighted by Gasteiger charge is -2.26. The minimum absolute atomic E-state index is 0.0630. The van der Waals surface area contributed by atoms with Gasteiger partial charge in [-0.2, -0.15) is 4.31 Å². The second-order valence-corrected chi connectivity index (χ2v) is 8.85. The number of benzene rings is 1. The highest BCUT2D eigenvalue weighted by Crippen LogP contribution is 2.28. The number of thiocarbonyl (C=S) groups is 1. The summed E-state index contributed by atoms with van der Waals surface area (Å²) >= 11 is 11.4. The third-order valence-electron chi connectivity index (χ3n) is 4.29. The van der Waals surface area contributed by atoms with Gasteiger partial charge in [-0.3, -0.25) is 0 Å². The van der Waals surface area contributed by atoms with Gasteiger partial charge in [0.1, 0.15) is 4.90 Å². The van der Waals surface area contributed by atoms with Crippen molar-refractivity contribution in [2.24, 2.45) is 0 Å². The average molecular weight is 420 g/mol. The lowest BCUT2D eigenvalue weighted by molar-refractivity contribution is 0.0730. The molecule has 3 rings (SSSR count). The van der Waals surface area contributed by atoms with Crippen molar-refractivity contribution in [3.8, 4) is 0 Å². The van der Waals surface area contributed by atoms with E-state index >= 15 is 0 Å². The highest BCUT2D eigenvalue weighted by molar-refractivity contribution is 7.89. The molecule has 1 aromatic carbocycles. The molecule has 2 aliphatic rings. The molecule has 2 heterocycles. The maximum atomic E-state index is 12.8. The molecule has 0 aliphatic carbocycles. The Balaban J connectivity index is 1.67. The van der Waals surface area contributed by atoms with Crippen LogP contribution < -0.4 is 10.6 Å². The maximum absolute atomic E-state index is 12.8. The molecule has 10 heteroatoms. The topological polar surface area (TPSA) is 79.9 Å². The molecular formula is C16H22ClN3O4S2. The van der Waals surface area contributed by atoms with E-state index in [2.05, 4.69) is 10.6 Å². The van der Waals surface area contributed by atoms with Gasteiger partial charge < -0.3 is 20.1 Å². The van der Waals surface area contributed by atoms with Crippen molar-refractivity contribution in [3.63, 3.8) is 0 Å². The Morgan fingerprint density at radius 2 is 2.08 bits per heavy atom. The van der Waals surface area contributed by atoms with Crippen LogP contribution in [0.4, 0.5) is 5.69 Å². The summed E-state index contributed by atoms with van der Waals surface area (Å²) in [7, 11) is -3.68. The molecule has 1 unspecified atom stereocenters. The number of anilines is 1. The predicted octanol–water partition coefficient (Wildman–Crippen LogP) is 1.83. The number of hydrogen-bond acceptors (Lipinski definition) is 5. The molecule has 2 N–H and O–H groups in total. The molecule has 26 heavy (non-hydrogen) atoms. The first-order chi connectivity index (χ1) is 12.5. The largest absolute Gasteiger partial charge is 0.379 e. The van der Waals surface area contributed by atoms with Crippen molar-refractivity contribution in [3.05, 3.63) is 23.2 Å². The third-order valence-corrected chi connectivity index (χ3v) is 6.92. The number of rotatable bonds is 5. The van der Waals surface area contributed by atoms with E-state index < -0.39 is 10.0 Å². The Morgan fingerprint density at radius 3 is 2.77 bits per heavy atom. The number of halogens is 1. The molecule has 0 radical (unpaired) electrons. The van der Waals surface area contributed by atoms with Gasteiger partial charge in [0.15, 0.2) is 5.11 Å². The molecule has 1 atom stereocenters. The van der Waals surface area contributed by atoms with E-state index in [1.165, 1.54) is 10.4 Å². The van der Waals surface area contributed by atoms with E-state index in [-0.39, 0.29) is 16.0 Å². The summed E-state index contributed by atoms with van der Waals surface area (Å²) in [4.78, 5) is 0.0630. The van der Waals surface area contributed by atoms with E-state index in [4.69, 9.17) is 33.3 Å². The number of sulfonamides is 1. The lowest BCUT2D eigenvalue weighted by Crippen LogP contribution is -2.40. The van der Waals surface area contributed by atoms with Crippen LogP contribution in [0.15, 0.2) is 23.1 Å². The van der Waals surface area contributed by atoms with Gasteiger partial charge in [-0.25, -0.2) is 8.42 Å². The standard InChI is InChI=1S/C16H22ClN3O4S2/c17-14-4-3-12(19-16(25)18-11-13-2-1-7-24-13)10-15(14)26(21,22)20-5-8-23-9-6-20/h3-4,10,13H,1-2,5-9,11H2,(H2,18,19,25). The summed E-state index contributed by atoms with van der Waals surface area (Å²) in [6.45, 7) is 2.80. The first-order valence-electron chi connectivity index (χ1n) is 8.51. The Labute approximate surface area is 164 Å². The summed E-state index contributed by atoms with van der Waals surface area (Å²) in [5.74, 6) is 0. The Hall–Kier alpha value is -0.970. The first kappa shape index (κ1) is 19.8. The van der Waals surface area contributed by atoms with Gasteiger partial charge in [-0.05, 0) is 43.3 Å². The summed E-state index contributed by atoms with van der Waals surface area (Å²) in [5, 5.41) is 6.70. The van der Waals surface area contributed by atoms with Crippen LogP contribution in [-0.2, 0) is 19.5 Å². The molecule has 0 bridgehead atoms. The zero-order valence-corrected chi connectivity index (χ0v) is 16.6. The molecule has 0 aromatic heterocycles. The smallest absolute Gasteiger partial charge is 0.244 e. The minimum atomic E-state index is -3.68. The van der Waals surface area contributed by atoms with Crippen LogP contribution >= 0.6 is 23.8 Å². The Morgan fingerprint density at radius 1 is 1.31 bits per heavy atom. The molecule has 1 aromatic rings. The quantitative estimate of drug-likeness (QED) is 0.704. The highest BCUT2D eigenvalue weighted by Gasteiger charge is 2.28. The fraction of sp³-hybridized carbons (Fsp3) is 0.562. The SMILES string of the molecule is O=S(=O)(c1cc(NC(=S)NCC2CCCO2)ccc1Cl)N1CCOCC1. The van der Waals surface area contributed by atoms with Gasteiger partial charge in [0.2, 0.25) is 10.0 Å². The van der Waals surface area contributed by atoms with Crippen LogP contribution in [0.1, 0.15) is 12.8 Å². The van der Waals surface area contributed by atoms with Crippen LogP contribution in [0.5, 0.6) is 0 Å². The summed E-state index contributed by atoms with van der Waals surface area (Å²) in [5.41, 5.74) is 0.561. The van der Waals surface area contributed by atoms with E-state index in [1.54, 1.807) is 12.1 Å². The fourth-order valence-corrected chi connectivity index (χ4v) is 5.00.